The first-order valence-electron chi connectivity index (χ1n) is 5.65. The Morgan fingerprint density at radius 3 is 2.89 bits per heavy atom. The highest BCUT2D eigenvalue weighted by atomic mass is 19.1. The fourth-order valence-corrected chi connectivity index (χ4v) is 2.13. The molecule has 0 bridgehead atoms. The lowest BCUT2D eigenvalue weighted by molar-refractivity contribution is -0.0459. The van der Waals surface area contributed by atoms with Crippen LogP contribution >= 0.6 is 0 Å². The number of imidazole rings is 1. The first-order chi connectivity index (χ1) is 9.13. The van der Waals surface area contributed by atoms with Crippen molar-refractivity contribution in [1.82, 2.24) is 19.5 Å². The minimum Gasteiger partial charge on any atom is -0.394 e. The van der Waals surface area contributed by atoms with Crippen LogP contribution in [0.4, 0.5) is 10.2 Å². The molecule has 1 aliphatic heterocycles. The number of fused-ring (bicyclic) bond motifs is 1. The molecule has 4 N–H and O–H groups in total. The van der Waals surface area contributed by atoms with E-state index in [2.05, 4.69) is 15.0 Å². The monoisotopic (exact) mass is 269 g/mol. The number of aromatic nitrogens is 4. The smallest absolute Gasteiger partial charge is 0.173 e. The Morgan fingerprint density at radius 2 is 2.21 bits per heavy atom. The highest BCUT2D eigenvalue weighted by Gasteiger charge is 2.45. The van der Waals surface area contributed by atoms with Gasteiger partial charge in [0.05, 0.1) is 12.9 Å². The van der Waals surface area contributed by atoms with E-state index in [0.717, 1.165) is 0 Å². The van der Waals surface area contributed by atoms with E-state index < -0.39 is 31.2 Å². The topological polar surface area (TPSA) is 119 Å². The Kier molecular flexibility index (Phi) is 2.81. The standard InChI is InChI=1S/C10H12FN5O3/c11-5-7(18)4(1-17)19-10(5)16-3-15-6-8(12)13-2-14-9(6)16/h2-5,7,10,17-18H,1H2,(H2,12,13,14)/t4-,5-,7-,10+/m1/s1. The first-order valence-corrected chi connectivity index (χ1v) is 5.65. The molecule has 0 unspecified atom stereocenters. The van der Waals surface area contributed by atoms with Crippen molar-refractivity contribution in [3.63, 3.8) is 0 Å². The third kappa shape index (κ3) is 1.74. The summed E-state index contributed by atoms with van der Waals surface area (Å²) < 4.78 is 20.6. The van der Waals surface area contributed by atoms with Crippen LogP contribution in [0.15, 0.2) is 12.7 Å². The van der Waals surface area contributed by atoms with Crippen LogP contribution < -0.4 is 5.73 Å². The molecule has 4 atom stereocenters. The van der Waals surface area contributed by atoms with E-state index in [1.165, 1.54) is 17.2 Å². The van der Waals surface area contributed by atoms with Gasteiger partial charge in [-0.3, -0.25) is 4.57 Å². The lowest BCUT2D eigenvalue weighted by Gasteiger charge is -2.14. The lowest BCUT2D eigenvalue weighted by Crippen LogP contribution is -2.30. The number of alkyl halides is 1. The van der Waals surface area contributed by atoms with Gasteiger partial charge in [0.25, 0.3) is 0 Å². The number of anilines is 1. The molecule has 19 heavy (non-hydrogen) atoms. The van der Waals surface area contributed by atoms with E-state index >= 15 is 0 Å². The number of hydrogen-bond acceptors (Lipinski definition) is 7. The zero-order valence-electron chi connectivity index (χ0n) is 9.72. The Bertz CT molecular complexity index is 606. The van der Waals surface area contributed by atoms with Crippen LogP contribution in [-0.4, -0.2) is 54.7 Å². The minimum absolute atomic E-state index is 0.177. The molecule has 1 fully saturated rings. The van der Waals surface area contributed by atoms with Crippen molar-refractivity contribution in [3.05, 3.63) is 12.7 Å². The van der Waals surface area contributed by atoms with Gasteiger partial charge in [-0.2, -0.15) is 0 Å². The van der Waals surface area contributed by atoms with Crippen molar-refractivity contribution in [1.29, 1.82) is 0 Å². The van der Waals surface area contributed by atoms with Gasteiger partial charge in [-0.1, -0.05) is 0 Å². The Hall–Kier alpha value is -1.84. The third-order valence-electron chi connectivity index (χ3n) is 3.13. The summed E-state index contributed by atoms with van der Waals surface area (Å²) in [6.07, 6.45) is -2.61. The fourth-order valence-electron chi connectivity index (χ4n) is 2.13. The highest BCUT2D eigenvalue weighted by molar-refractivity contribution is 5.81. The summed E-state index contributed by atoms with van der Waals surface area (Å²) in [5.74, 6) is 0.177. The van der Waals surface area contributed by atoms with Crippen LogP contribution in [-0.2, 0) is 4.74 Å². The Labute approximate surface area is 106 Å². The number of aliphatic hydroxyl groups is 2. The van der Waals surface area contributed by atoms with Gasteiger partial charge in [-0.25, -0.2) is 19.3 Å². The van der Waals surface area contributed by atoms with E-state index in [0.29, 0.717) is 11.2 Å². The largest absolute Gasteiger partial charge is 0.394 e. The van der Waals surface area contributed by atoms with Gasteiger partial charge in [0, 0.05) is 0 Å². The number of nitrogens with zero attached hydrogens (tertiary/aromatic N) is 4. The second-order valence-electron chi connectivity index (χ2n) is 4.27. The maximum absolute atomic E-state index is 14.0. The molecule has 3 heterocycles. The molecule has 102 valence electrons. The summed E-state index contributed by atoms with van der Waals surface area (Å²) in [6.45, 7) is -0.470. The first kappa shape index (κ1) is 12.2. The van der Waals surface area contributed by atoms with Crippen molar-refractivity contribution in [2.45, 2.75) is 24.6 Å². The van der Waals surface area contributed by atoms with Crippen molar-refractivity contribution in [2.24, 2.45) is 0 Å². The zero-order valence-corrected chi connectivity index (χ0v) is 9.72. The number of aliphatic hydroxyl groups excluding tert-OH is 2. The number of hydrogen-bond donors (Lipinski definition) is 3. The van der Waals surface area contributed by atoms with Crippen molar-refractivity contribution < 1.29 is 19.3 Å². The van der Waals surface area contributed by atoms with E-state index in [1.54, 1.807) is 0 Å². The van der Waals surface area contributed by atoms with Crippen LogP contribution in [0.25, 0.3) is 11.2 Å². The molecule has 0 amide bonds. The molecule has 9 heteroatoms. The van der Waals surface area contributed by atoms with Gasteiger partial charge < -0.3 is 20.7 Å². The molecule has 1 saturated heterocycles. The number of halogens is 1. The molecular weight excluding hydrogens is 257 g/mol. The van der Waals surface area contributed by atoms with Crippen LogP contribution in [0.2, 0.25) is 0 Å². The van der Waals surface area contributed by atoms with E-state index in [1.807, 2.05) is 0 Å². The minimum atomic E-state index is -1.69. The number of nitrogen functional groups attached to an aromatic ring is 1. The predicted molar refractivity (Wildman–Crippen MR) is 61.6 cm³/mol. The molecule has 8 nitrogen and oxygen atoms in total. The molecule has 2 aromatic rings. The summed E-state index contributed by atoms with van der Waals surface area (Å²) >= 11 is 0. The molecule has 0 spiro atoms. The van der Waals surface area contributed by atoms with E-state index in [-0.39, 0.29) is 5.82 Å². The van der Waals surface area contributed by atoms with Gasteiger partial charge in [0.15, 0.2) is 23.9 Å². The van der Waals surface area contributed by atoms with Crippen molar-refractivity contribution >= 4 is 17.0 Å². The van der Waals surface area contributed by atoms with Gasteiger partial charge in [0.1, 0.15) is 24.1 Å². The third-order valence-corrected chi connectivity index (χ3v) is 3.13. The van der Waals surface area contributed by atoms with Gasteiger partial charge in [-0.05, 0) is 0 Å². The molecule has 1 aliphatic rings. The predicted octanol–water partition coefficient (Wildman–Crippen LogP) is -1.00. The maximum Gasteiger partial charge on any atom is 0.173 e. The van der Waals surface area contributed by atoms with Crippen LogP contribution in [0.3, 0.4) is 0 Å². The summed E-state index contributed by atoms with van der Waals surface area (Å²) in [6, 6.07) is 0. The summed E-state index contributed by atoms with van der Waals surface area (Å²) in [5, 5.41) is 18.6. The maximum atomic E-state index is 14.0. The number of nitrogens with two attached hydrogens (primary N) is 1. The summed E-state index contributed by atoms with van der Waals surface area (Å²) in [7, 11) is 0. The van der Waals surface area contributed by atoms with E-state index in [9.17, 15) is 9.50 Å². The Balaban J connectivity index is 2.04. The van der Waals surface area contributed by atoms with Gasteiger partial charge >= 0.3 is 0 Å². The Morgan fingerprint density at radius 1 is 1.42 bits per heavy atom. The summed E-state index contributed by atoms with van der Waals surface area (Å²) in [5.41, 5.74) is 6.28. The second-order valence-corrected chi connectivity index (χ2v) is 4.27. The molecule has 0 aromatic carbocycles. The molecule has 0 saturated carbocycles. The van der Waals surface area contributed by atoms with Gasteiger partial charge in [0.2, 0.25) is 0 Å². The highest BCUT2D eigenvalue weighted by Crippen LogP contribution is 2.33. The quantitative estimate of drug-likeness (QED) is 0.639. The van der Waals surface area contributed by atoms with Crippen molar-refractivity contribution in [3.8, 4) is 0 Å². The van der Waals surface area contributed by atoms with Crippen LogP contribution in [0.1, 0.15) is 6.23 Å². The zero-order chi connectivity index (χ0) is 13.6. The molecule has 0 radical (unpaired) electrons. The molecule has 2 aromatic heterocycles. The van der Waals surface area contributed by atoms with Crippen LogP contribution in [0.5, 0.6) is 0 Å². The van der Waals surface area contributed by atoms with E-state index in [4.69, 9.17) is 15.6 Å². The molecular formula is C10H12FN5O3. The van der Waals surface area contributed by atoms with Gasteiger partial charge in [-0.15, -0.1) is 0 Å². The fraction of sp³-hybridized carbons (Fsp3) is 0.500. The van der Waals surface area contributed by atoms with Crippen LogP contribution in [0, 0.1) is 0 Å². The molecule has 0 aliphatic carbocycles. The number of rotatable bonds is 2. The summed E-state index contributed by atoms with van der Waals surface area (Å²) in [4.78, 5) is 11.8. The molecule has 3 rings (SSSR count). The average Bonchev–Trinajstić information content (AvgIpc) is 2.94. The SMILES string of the molecule is Nc1ncnc2c1ncn2[C@H]1O[C@H](CO)[C@@H](O)[C@H]1F. The number of ether oxygens (including phenoxy) is 1. The normalized spacial score (nSPS) is 31.1. The van der Waals surface area contributed by atoms with Crippen molar-refractivity contribution in [2.75, 3.05) is 12.3 Å². The lowest BCUT2D eigenvalue weighted by atomic mass is 10.1. The average molecular weight is 269 g/mol. The second kappa shape index (κ2) is 4.37.